The first-order valence-corrected chi connectivity index (χ1v) is 9.25. The Kier molecular flexibility index (Phi) is 6.21. The van der Waals surface area contributed by atoms with Gasteiger partial charge in [0, 0.05) is 23.4 Å². The van der Waals surface area contributed by atoms with Gasteiger partial charge in [-0.25, -0.2) is 4.98 Å². The van der Waals surface area contributed by atoms with Gasteiger partial charge in [-0.1, -0.05) is 37.3 Å². The molecule has 4 heteroatoms. The Morgan fingerprint density at radius 2 is 1.78 bits per heavy atom. The molecule has 0 aliphatic carbocycles. The maximum atomic E-state index is 8.60. The lowest BCUT2D eigenvalue weighted by molar-refractivity contribution is 0.306. The van der Waals surface area contributed by atoms with Gasteiger partial charge in [-0.2, -0.15) is 0 Å². The van der Waals surface area contributed by atoms with Gasteiger partial charge in [-0.3, -0.25) is 5.41 Å². The van der Waals surface area contributed by atoms with Gasteiger partial charge in [-0.15, -0.1) is 0 Å². The van der Waals surface area contributed by atoms with Crippen LogP contribution in [0.1, 0.15) is 37.0 Å². The number of benzene rings is 2. The summed E-state index contributed by atoms with van der Waals surface area (Å²) in [4.78, 5) is 4.42. The predicted octanol–water partition coefficient (Wildman–Crippen LogP) is 5.29. The van der Waals surface area contributed by atoms with Gasteiger partial charge < -0.3 is 10.1 Å². The van der Waals surface area contributed by atoms with Crippen molar-refractivity contribution in [3.8, 4) is 5.75 Å². The van der Waals surface area contributed by atoms with Crippen LogP contribution in [0, 0.1) is 5.41 Å². The van der Waals surface area contributed by atoms with Crippen molar-refractivity contribution < 1.29 is 4.74 Å². The van der Waals surface area contributed by atoms with Gasteiger partial charge in [-0.05, 0) is 55.3 Å². The summed E-state index contributed by atoms with van der Waals surface area (Å²) in [6, 6.07) is 21.8. The van der Waals surface area contributed by atoms with Crippen LogP contribution in [-0.4, -0.2) is 16.7 Å². The second-order valence-electron chi connectivity index (χ2n) is 6.53. The standard InChI is InChI=1S/C23H25N3O/c1-3-17(2)26-23-21(10-7-15-25-23)22(24)19-11-13-20(14-12-19)27-16-18-8-5-4-6-9-18/h4-15,17,24H,3,16H2,1-2H3,(H,25,26). The Bertz CT molecular complexity index is 876. The van der Waals surface area contributed by atoms with E-state index >= 15 is 0 Å². The van der Waals surface area contributed by atoms with Crippen LogP contribution in [-0.2, 0) is 6.61 Å². The summed E-state index contributed by atoms with van der Waals surface area (Å²) in [5.74, 6) is 1.54. The van der Waals surface area contributed by atoms with Crippen molar-refractivity contribution in [1.29, 1.82) is 5.41 Å². The molecule has 1 heterocycles. The van der Waals surface area contributed by atoms with Crippen molar-refractivity contribution in [2.24, 2.45) is 0 Å². The lowest BCUT2D eigenvalue weighted by atomic mass is 10.0. The lowest BCUT2D eigenvalue weighted by Gasteiger charge is -2.16. The van der Waals surface area contributed by atoms with E-state index in [9.17, 15) is 0 Å². The summed E-state index contributed by atoms with van der Waals surface area (Å²) >= 11 is 0. The molecule has 4 nitrogen and oxygen atoms in total. The van der Waals surface area contributed by atoms with Gasteiger partial charge >= 0.3 is 0 Å². The minimum atomic E-state index is 0.306. The quantitative estimate of drug-likeness (QED) is 0.538. The molecule has 2 aromatic carbocycles. The first-order valence-electron chi connectivity index (χ1n) is 9.25. The fourth-order valence-corrected chi connectivity index (χ4v) is 2.67. The molecule has 0 amide bonds. The molecule has 0 saturated heterocycles. The number of anilines is 1. The number of rotatable bonds is 8. The Balaban J connectivity index is 1.71. The average molecular weight is 359 g/mol. The monoisotopic (exact) mass is 359 g/mol. The van der Waals surface area contributed by atoms with Crippen molar-refractivity contribution in [1.82, 2.24) is 4.98 Å². The molecular weight excluding hydrogens is 334 g/mol. The summed E-state index contributed by atoms with van der Waals surface area (Å²) in [5.41, 5.74) is 3.21. The molecular formula is C23H25N3O. The first-order chi connectivity index (χ1) is 13.2. The molecule has 0 aliphatic heterocycles. The maximum absolute atomic E-state index is 8.60. The van der Waals surface area contributed by atoms with E-state index < -0.39 is 0 Å². The Morgan fingerprint density at radius 1 is 1.04 bits per heavy atom. The molecule has 1 atom stereocenters. The molecule has 27 heavy (non-hydrogen) atoms. The zero-order valence-electron chi connectivity index (χ0n) is 15.8. The summed E-state index contributed by atoms with van der Waals surface area (Å²) in [5, 5.41) is 12.0. The highest BCUT2D eigenvalue weighted by Crippen LogP contribution is 2.20. The molecule has 1 aromatic heterocycles. The number of hydrogen-bond acceptors (Lipinski definition) is 4. The van der Waals surface area contributed by atoms with E-state index in [-0.39, 0.29) is 0 Å². The van der Waals surface area contributed by atoms with Gasteiger partial charge in [0.25, 0.3) is 0 Å². The summed E-state index contributed by atoms with van der Waals surface area (Å²) in [7, 11) is 0. The van der Waals surface area contributed by atoms with Gasteiger partial charge in [0.1, 0.15) is 18.2 Å². The Hall–Kier alpha value is -3.14. The van der Waals surface area contributed by atoms with Crippen molar-refractivity contribution in [2.45, 2.75) is 32.9 Å². The highest BCUT2D eigenvalue weighted by Gasteiger charge is 2.12. The van der Waals surface area contributed by atoms with Gasteiger partial charge in [0.15, 0.2) is 0 Å². The van der Waals surface area contributed by atoms with Crippen LogP contribution in [0.2, 0.25) is 0 Å². The van der Waals surface area contributed by atoms with E-state index in [1.165, 1.54) is 0 Å². The normalized spacial score (nSPS) is 11.6. The molecule has 0 aliphatic rings. The van der Waals surface area contributed by atoms with Crippen LogP contribution in [0.3, 0.4) is 0 Å². The van der Waals surface area contributed by atoms with Gasteiger partial charge in [0.05, 0.1) is 5.71 Å². The van der Waals surface area contributed by atoms with Crippen LogP contribution in [0.15, 0.2) is 72.9 Å². The minimum absolute atomic E-state index is 0.306. The molecule has 2 N–H and O–H groups in total. The van der Waals surface area contributed by atoms with E-state index in [1.807, 2.05) is 66.7 Å². The maximum Gasteiger partial charge on any atom is 0.135 e. The van der Waals surface area contributed by atoms with Crippen LogP contribution in [0.25, 0.3) is 0 Å². The number of hydrogen-bond donors (Lipinski definition) is 2. The second kappa shape index (κ2) is 8.99. The zero-order chi connectivity index (χ0) is 19.1. The number of aromatic nitrogens is 1. The molecule has 3 aromatic rings. The molecule has 0 radical (unpaired) electrons. The summed E-state index contributed by atoms with van der Waals surface area (Å²) in [6.07, 6.45) is 2.75. The topological polar surface area (TPSA) is 58.0 Å². The van der Waals surface area contributed by atoms with Crippen molar-refractivity contribution in [3.63, 3.8) is 0 Å². The van der Waals surface area contributed by atoms with Crippen molar-refractivity contribution >= 4 is 11.5 Å². The van der Waals surface area contributed by atoms with E-state index in [1.54, 1.807) is 6.20 Å². The molecule has 138 valence electrons. The number of pyridine rings is 1. The van der Waals surface area contributed by atoms with Crippen LogP contribution in [0.4, 0.5) is 5.82 Å². The SMILES string of the molecule is CCC(C)Nc1ncccc1C(=N)c1ccc(OCc2ccccc2)cc1. The van der Waals surface area contributed by atoms with Crippen LogP contribution < -0.4 is 10.1 Å². The van der Waals surface area contributed by atoms with E-state index in [0.717, 1.165) is 34.7 Å². The highest BCUT2D eigenvalue weighted by molar-refractivity contribution is 6.13. The molecule has 0 spiro atoms. The Morgan fingerprint density at radius 3 is 2.48 bits per heavy atom. The van der Waals surface area contributed by atoms with Crippen LogP contribution in [0.5, 0.6) is 5.75 Å². The molecule has 3 rings (SSSR count). The summed E-state index contributed by atoms with van der Waals surface area (Å²) < 4.78 is 5.83. The number of nitrogens with zero attached hydrogens (tertiary/aromatic N) is 1. The van der Waals surface area contributed by atoms with E-state index in [2.05, 4.69) is 24.1 Å². The first kappa shape index (κ1) is 18.6. The third kappa shape index (κ3) is 4.94. The lowest BCUT2D eigenvalue weighted by Crippen LogP contribution is -2.17. The number of nitrogens with one attached hydrogen (secondary N) is 2. The van der Waals surface area contributed by atoms with Crippen molar-refractivity contribution in [2.75, 3.05) is 5.32 Å². The largest absolute Gasteiger partial charge is 0.489 e. The van der Waals surface area contributed by atoms with Crippen LogP contribution >= 0.6 is 0 Å². The average Bonchev–Trinajstić information content (AvgIpc) is 2.73. The number of ether oxygens (including phenoxy) is 1. The fraction of sp³-hybridized carbons (Fsp3) is 0.217. The molecule has 0 bridgehead atoms. The minimum Gasteiger partial charge on any atom is -0.489 e. The third-order valence-corrected chi connectivity index (χ3v) is 4.46. The smallest absolute Gasteiger partial charge is 0.135 e. The van der Waals surface area contributed by atoms with E-state index in [4.69, 9.17) is 10.1 Å². The summed E-state index contributed by atoms with van der Waals surface area (Å²) in [6.45, 7) is 4.77. The fourth-order valence-electron chi connectivity index (χ4n) is 2.67. The Labute approximate surface area is 160 Å². The third-order valence-electron chi connectivity index (χ3n) is 4.46. The van der Waals surface area contributed by atoms with E-state index in [0.29, 0.717) is 18.4 Å². The van der Waals surface area contributed by atoms with Gasteiger partial charge in [0.2, 0.25) is 0 Å². The molecule has 0 fully saturated rings. The zero-order valence-corrected chi connectivity index (χ0v) is 15.8. The predicted molar refractivity (Wildman–Crippen MR) is 111 cm³/mol. The van der Waals surface area contributed by atoms with Crippen molar-refractivity contribution in [3.05, 3.63) is 89.6 Å². The molecule has 1 unspecified atom stereocenters. The second-order valence-corrected chi connectivity index (χ2v) is 6.53. The highest BCUT2D eigenvalue weighted by atomic mass is 16.5. The molecule has 0 saturated carbocycles.